The highest BCUT2D eigenvalue weighted by molar-refractivity contribution is 5.93. The number of amides is 1. The van der Waals surface area contributed by atoms with Crippen molar-refractivity contribution in [2.45, 2.75) is 32.2 Å². The topological polar surface area (TPSA) is 121 Å². The Morgan fingerprint density at radius 1 is 1.39 bits per heavy atom. The molecule has 100 valence electrons. The highest BCUT2D eigenvalue weighted by atomic mass is 16.2. The van der Waals surface area contributed by atoms with Crippen molar-refractivity contribution in [3.63, 3.8) is 0 Å². The molecule has 1 rings (SSSR count). The first-order valence-electron chi connectivity index (χ1n) is 5.81. The molecule has 0 bridgehead atoms. The summed E-state index contributed by atoms with van der Waals surface area (Å²) in [5.41, 5.74) is 4.05. The van der Waals surface area contributed by atoms with Gasteiger partial charge in [0.1, 0.15) is 5.56 Å². The minimum absolute atomic E-state index is 0.135. The van der Waals surface area contributed by atoms with Gasteiger partial charge in [0.15, 0.2) is 0 Å². The molecule has 0 atom stereocenters. The second kappa shape index (κ2) is 5.63. The summed E-state index contributed by atoms with van der Waals surface area (Å²) in [6, 6.07) is 0. The van der Waals surface area contributed by atoms with E-state index in [-0.39, 0.29) is 12.1 Å². The second-order valence-electron chi connectivity index (χ2n) is 4.24. The van der Waals surface area contributed by atoms with Crippen molar-refractivity contribution in [3.8, 4) is 0 Å². The first-order valence-corrected chi connectivity index (χ1v) is 5.81. The molecule has 0 aromatic carbocycles. The largest absolute Gasteiger partial charge is 0.350 e. The zero-order chi connectivity index (χ0) is 13.8. The number of aromatic amines is 2. The molecule has 7 nitrogen and oxygen atoms in total. The predicted molar refractivity (Wildman–Crippen MR) is 67.5 cm³/mol. The lowest BCUT2D eigenvalue weighted by molar-refractivity contribution is 0.0940. The van der Waals surface area contributed by atoms with Crippen molar-refractivity contribution in [2.24, 2.45) is 5.73 Å². The van der Waals surface area contributed by atoms with Crippen molar-refractivity contribution >= 4 is 5.91 Å². The van der Waals surface area contributed by atoms with Crippen LogP contribution >= 0.6 is 0 Å². The van der Waals surface area contributed by atoms with Crippen LogP contribution < -0.4 is 22.3 Å². The van der Waals surface area contributed by atoms with E-state index in [4.69, 9.17) is 5.73 Å². The average Bonchev–Trinajstić information content (AvgIpc) is 2.35. The van der Waals surface area contributed by atoms with Gasteiger partial charge in [0, 0.05) is 18.3 Å². The quantitative estimate of drug-likeness (QED) is 0.555. The molecular weight excluding hydrogens is 236 g/mol. The molecule has 1 heterocycles. The third kappa shape index (κ3) is 3.30. The monoisotopic (exact) mass is 254 g/mol. The van der Waals surface area contributed by atoms with Crippen LogP contribution in [0.2, 0.25) is 0 Å². The summed E-state index contributed by atoms with van der Waals surface area (Å²) in [7, 11) is 0. The highest BCUT2D eigenvalue weighted by Gasteiger charge is 2.22. The summed E-state index contributed by atoms with van der Waals surface area (Å²) in [5, 5.41) is 2.60. The summed E-state index contributed by atoms with van der Waals surface area (Å²) in [6.45, 7) is 4.14. The molecule has 0 aliphatic carbocycles. The van der Waals surface area contributed by atoms with E-state index in [0.717, 1.165) is 6.20 Å². The second-order valence-corrected chi connectivity index (χ2v) is 4.24. The highest BCUT2D eigenvalue weighted by Crippen LogP contribution is 2.09. The number of nitrogens with two attached hydrogens (primary N) is 1. The molecule has 0 unspecified atom stereocenters. The van der Waals surface area contributed by atoms with E-state index in [9.17, 15) is 14.4 Å². The lowest BCUT2D eigenvalue weighted by atomic mass is 9.94. The van der Waals surface area contributed by atoms with Gasteiger partial charge in [0.2, 0.25) is 0 Å². The molecule has 7 heteroatoms. The standard InChI is InChI=1S/C11H18N4O3/c1-3-11(12,4-2)6-14-8(16)7-5-13-10(18)15-9(7)17/h5H,3-4,6,12H2,1-2H3,(H,14,16)(H2,13,15,17,18). The Labute approximate surface area is 104 Å². The number of carbonyl (C=O) groups excluding carboxylic acids is 1. The molecule has 1 aromatic rings. The molecule has 0 saturated heterocycles. The first-order chi connectivity index (χ1) is 8.41. The fraction of sp³-hybridized carbons (Fsp3) is 0.545. The van der Waals surface area contributed by atoms with E-state index in [1.54, 1.807) is 0 Å². The molecule has 0 saturated carbocycles. The van der Waals surface area contributed by atoms with E-state index < -0.39 is 22.7 Å². The van der Waals surface area contributed by atoms with E-state index in [0.29, 0.717) is 12.8 Å². The molecule has 0 aliphatic rings. The Morgan fingerprint density at radius 3 is 2.50 bits per heavy atom. The lowest BCUT2D eigenvalue weighted by Gasteiger charge is -2.26. The molecule has 1 amide bonds. The van der Waals surface area contributed by atoms with E-state index >= 15 is 0 Å². The summed E-state index contributed by atoms with van der Waals surface area (Å²) in [6.07, 6.45) is 2.52. The number of H-pyrrole nitrogens is 2. The normalized spacial score (nSPS) is 11.3. The van der Waals surface area contributed by atoms with Crippen LogP contribution in [0.3, 0.4) is 0 Å². The lowest BCUT2D eigenvalue weighted by Crippen LogP contribution is -2.50. The molecule has 5 N–H and O–H groups in total. The van der Waals surface area contributed by atoms with Crippen LogP contribution in [0.4, 0.5) is 0 Å². The Bertz CT molecular complexity index is 528. The number of rotatable bonds is 5. The summed E-state index contributed by atoms with van der Waals surface area (Å²) < 4.78 is 0. The Balaban J connectivity index is 2.78. The number of hydrogen-bond donors (Lipinski definition) is 4. The van der Waals surface area contributed by atoms with Crippen molar-refractivity contribution < 1.29 is 4.79 Å². The molecule has 0 radical (unpaired) electrons. The van der Waals surface area contributed by atoms with Gasteiger partial charge < -0.3 is 16.0 Å². The van der Waals surface area contributed by atoms with E-state index in [1.165, 1.54) is 0 Å². The number of nitrogens with one attached hydrogen (secondary N) is 3. The average molecular weight is 254 g/mol. The Morgan fingerprint density at radius 2 is 2.00 bits per heavy atom. The van der Waals surface area contributed by atoms with Gasteiger partial charge in [-0.15, -0.1) is 0 Å². The van der Waals surface area contributed by atoms with Crippen LogP contribution in [0.1, 0.15) is 37.0 Å². The van der Waals surface area contributed by atoms with Crippen molar-refractivity contribution in [1.29, 1.82) is 0 Å². The maximum atomic E-state index is 11.7. The molecule has 0 fully saturated rings. The zero-order valence-corrected chi connectivity index (χ0v) is 10.5. The van der Waals surface area contributed by atoms with E-state index in [2.05, 4.69) is 10.3 Å². The van der Waals surface area contributed by atoms with Gasteiger partial charge in [-0.2, -0.15) is 0 Å². The Kier molecular flexibility index (Phi) is 4.43. The van der Waals surface area contributed by atoms with Gasteiger partial charge in [-0.3, -0.25) is 14.6 Å². The third-order valence-electron chi connectivity index (χ3n) is 3.07. The first kappa shape index (κ1) is 14.2. The predicted octanol–water partition coefficient (Wildman–Crippen LogP) is -0.689. The maximum absolute atomic E-state index is 11.7. The molecular formula is C11H18N4O3. The molecule has 0 aliphatic heterocycles. The van der Waals surface area contributed by atoms with Gasteiger partial charge in [-0.05, 0) is 12.8 Å². The van der Waals surface area contributed by atoms with Gasteiger partial charge in [0.25, 0.3) is 11.5 Å². The van der Waals surface area contributed by atoms with Crippen molar-refractivity contribution in [2.75, 3.05) is 6.54 Å². The Hall–Kier alpha value is -1.89. The number of carbonyl (C=O) groups is 1. The van der Waals surface area contributed by atoms with Gasteiger partial charge in [-0.25, -0.2) is 4.79 Å². The minimum Gasteiger partial charge on any atom is -0.350 e. The summed E-state index contributed by atoms with van der Waals surface area (Å²) in [4.78, 5) is 38.2. The van der Waals surface area contributed by atoms with Gasteiger partial charge >= 0.3 is 5.69 Å². The third-order valence-corrected chi connectivity index (χ3v) is 3.07. The minimum atomic E-state index is -0.716. The van der Waals surface area contributed by atoms with Crippen molar-refractivity contribution in [3.05, 3.63) is 32.6 Å². The molecule has 1 aromatic heterocycles. The number of aromatic nitrogens is 2. The smallest absolute Gasteiger partial charge is 0.325 e. The molecule has 18 heavy (non-hydrogen) atoms. The summed E-state index contributed by atoms with van der Waals surface area (Å²) in [5.74, 6) is -0.552. The fourth-order valence-electron chi connectivity index (χ4n) is 1.43. The number of hydrogen-bond acceptors (Lipinski definition) is 4. The maximum Gasteiger partial charge on any atom is 0.325 e. The fourth-order valence-corrected chi connectivity index (χ4v) is 1.43. The van der Waals surface area contributed by atoms with Gasteiger partial charge in [0.05, 0.1) is 0 Å². The van der Waals surface area contributed by atoms with Crippen LogP contribution in [0, 0.1) is 0 Å². The van der Waals surface area contributed by atoms with Crippen LogP contribution in [-0.4, -0.2) is 28.0 Å². The van der Waals surface area contributed by atoms with Crippen LogP contribution in [0.15, 0.2) is 15.8 Å². The van der Waals surface area contributed by atoms with Gasteiger partial charge in [-0.1, -0.05) is 13.8 Å². The molecule has 0 spiro atoms. The van der Waals surface area contributed by atoms with Crippen LogP contribution in [0.5, 0.6) is 0 Å². The van der Waals surface area contributed by atoms with Crippen LogP contribution in [0.25, 0.3) is 0 Å². The zero-order valence-electron chi connectivity index (χ0n) is 10.5. The van der Waals surface area contributed by atoms with E-state index in [1.807, 2.05) is 18.8 Å². The van der Waals surface area contributed by atoms with Crippen LogP contribution in [-0.2, 0) is 0 Å². The van der Waals surface area contributed by atoms with Crippen molar-refractivity contribution in [1.82, 2.24) is 15.3 Å². The summed E-state index contributed by atoms with van der Waals surface area (Å²) >= 11 is 0. The SMILES string of the molecule is CCC(N)(CC)CNC(=O)c1c[nH]c(=O)[nH]c1=O.